The number of hydrogen-bond donors (Lipinski definition) is 1. The molecular formula is C14H17N3. The number of benzene rings is 1. The topological polar surface area (TPSA) is 37.8 Å². The molecule has 88 valence electrons. The van der Waals surface area contributed by atoms with E-state index in [1.54, 1.807) is 6.20 Å². The van der Waals surface area contributed by atoms with Crippen LogP contribution in [0, 0.1) is 13.8 Å². The number of nitrogens with zero attached hydrogens (tertiary/aromatic N) is 2. The molecule has 0 saturated heterocycles. The molecule has 0 saturated carbocycles. The van der Waals surface area contributed by atoms with E-state index in [9.17, 15) is 0 Å². The lowest BCUT2D eigenvalue weighted by Crippen LogP contribution is -2.13. The van der Waals surface area contributed by atoms with Crippen molar-refractivity contribution in [2.75, 3.05) is 0 Å². The summed E-state index contributed by atoms with van der Waals surface area (Å²) in [6, 6.07) is 8.54. The number of rotatable bonds is 4. The summed E-state index contributed by atoms with van der Waals surface area (Å²) in [5.41, 5.74) is 4.50. The van der Waals surface area contributed by atoms with Gasteiger partial charge in [-0.1, -0.05) is 29.8 Å². The quantitative estimate of drug-likeness (QED) is 0.871. The van der Waals surface area contributed by atoms with Crippen LogP contribution in [0.2, 0.25) is 0 Å². The lowest BCUT2D eigenvalue weighted by molar-refractivity contribution is 0.676. The van der Waals surface area contributed by atoms with Crippen LogP contribution in [0.3, 0.4) is 0 Å². The normalized spacial score (nSPS) is 10.5. The van der Waals surface area contributed by atoms with Gasteiger partial charge in [-0.2, -0.15) is 0 Å². The molecule has 1 heterocycles. The Morgan fingerprint density at radius 3 is 2.35 bits per heavy atom. The van der Waals surface area contributed by atoms with E-state index in [1.165, 1.54) is 11.1 Å². The minimum absolute atomic E-state index is 0.751. The first-order valence-electron chi connectivity index (χ1n) is 5.78. The van der Waals surface area contributed by atoms with Crippen LogP contribution in [0.4, 0.5) is 0 Å². The Kier molecular flexibility index (Phi) is 3.83. The van der Waals surface area contributed by atoms with Crippen LogP contribution in [0.1, 0.15) is 22.5 Å². The maximum atomic E-state index is 4.30. The van der Waals surface area contributed by atoms with E-state index in [0.717, 1.165) is 24.5 Å². The van der Waals surface area contributed by atoms with Gasteiger partial charge in [-0.25, -0.2) is 0 Å². The molecule has 0 spiro atoms. The molecule has 3 heteroatoms. The third-order valence-electron chi connectivity index (χ3n) is 2.59. The Morgan fingerprint density at radius 2 is 1.71 bits per heavy atom. The summed E-state index contributed by atoms with van der Waals surface area (Å²) in [4.78, 5) is 8.51. The van der Waals surface area contributed by atoms with E-state index < -0.39 is 0 Å². The average Bonchev–Trinajstić information content (AvgIpc) is 2.34. The molecule has 0 aliphatic heterocycles. The summed E-state index contributed by atoms with van der Waals surface area (Å²) in [6.07, 6.45) is 3.61. The largest absolute Gasteiger partial charge is 0.307 e. The minimum atomic E-state index is 0.751. The highest BCUT2D eigenvalue weighted by Gasteiger charge is 1.96. The van der Waals surface area contributed by atoms with Gasteiger partial charge in [-0.3, -0.25) is 9.97 Å². The summed E-state index contributed by atoms with van der Waals surface area (Å²) in [5, 5.41) is 3.35. The monoisotopic (exact) mass is 227 g/mol. The van der Waals surface area contributed by atoms with E-state index in [0.29, 0.717) is 0 Å². The highest BCUT2D eigenvalue weighted by Crippen LogP contribution is 2.03. The van der Waals surface area contributed by atoms with E-state index in [4.69, 9.17) is 0 Å². The Hall–Kier alpha value is -1.74. The van der Waals surface area contributed by atoms with Crippen molar-refractivity contribution in [2.24, 2.45) is 0 Å². The molecule has 17 heavy (non-hydrogen) atoms. The van der Waals surface area contributed by atoms with Crippen molar-refractivity contribution >= 4 is 0 Å². The zero-order valence-electron chi connectivity index (χ0n) is 10.3. The second-order valence-electron chi connectivity index (χ2n) is 4.24. The van der Waals surface area contributed by atoms with Gasteiger partial charge in [0.25, 0.3) is 0 Å². The highest BCUT2D eigenvalue weighted by atomic mass is 14.9. The molecule has 2 aromatic rings. The van der Waals surface area contributed by atoms with Gasteiger partial charge in [0.15, 0.2) is 0 Å². The standard InChI is InChI=1S/C14H17N3/c1-11-3-5-13(6-4-11)8-15-9-14-10-16-12(2)7-17-14/h3-7,10,15H,8-9H2,1-2H3. The van der Waals surface area contributed by atoms with Gasteiger partial charge in [0.05, 0.1) is 11.4 Å². The van der Waals surface area contributed by atoms with Crippen LogP contribution in [-0.4, -0.2) is 9.97 Å². The Balaban J connectivity index is 1.83. The van der Waals surface area contributed by atoms with E-state index in [2.05, 4.69) is 46.5 Å². The first-order valence-corrected chi connectivity index (χ1v) is 5.78. The smallest absolute Gasteiger partial charge is 0.0724 e. The summed E-state index contributed by atoms with van der Waals surface area (Å²) in [5.74, 6) is 0. The SMILES string of the molecule is Cc1ccc(CNCc2cnc(C)cn2)cc1. The molecule has 1 aromatic heterocycles. The summed E-state index contributed by atoms with van der Waals surface area (Å²) in [6.45, 7) is 5.65. The van der Waals surface area contributed by atoms with Crippen LogP contribution < -0.4 is 5.32 Å². The molecule has 2 rings (SSSR count). The second kappa shape index (κ2) is 5.55. The highest BCUT2D eigenvalue weighted by molar-refractivity contribution is 5.21. The molecule has 0 aliphatic rings. The molecule has 0 fully saturated rings. The van der Waals surface area contributed by atoms with Crippen molar-refractivity contribution in [3.8, 4) is 0 Å². The zero-order valence-corrected chi connectivity index (χ0v) is 10.3. The molecule has 1 aromatic carbocycles. The van der Waals surface area contributed by atoms with Crippen molar-refractivity contribution in [3.05, 3.63) is 59.2 Å². The molecule has 0 amide bonds. The van der Waals surface area contributed by atoms with E-state index in [1.807, 2.05) is 13.1 Å². The first-order chi connectivity index (χ1) is 8.24. The lowest BCUT2D eigenvalue weighted by Gasteiger charge is -2.05. The molecule has 0 aliphatic carbocycles. The van der Waals surface area contributed by atoms with Gasteiger partial charge in [0.1, 0.15) is 0 Å². The number of aryl methyl sites for hydroxylation is 2. The summed E-state index contributed by atoms with van der Waals surface area (Å²) in [7, 11) is 0. The van der Waals surface area contributed by atoms with Gasteiger partial charge in [-0.05, 0) is 19.4 Å². The number of hydrogen-bond acceptors (Lipinski definition) is 3. The summed E-state index contributed by atoms with van der Waals surface area (Å²) >= 11 is 0. The van der Waals surface area contributed by atoms with Gasteiger partial charge in [0.2, 0.25) is 0 Å². The number of nitrogens with one attached hydrogen (secondary N) is 1. The second-order valence-corrected chi connectivity index (χ2v) is 4.24. The Morgan fingerprint density at radius 1 is 0.941 bits per heavy atom. The van der Waals surface area contributed by atoms with Gasteiger partial charge < -0.3 is 5.32 Å². The Labute approximate surface area is 102 Å². The fourth-order valence-corrected chi connectivity index (χ4v) is 1.55. The van der Waals surface area contributed by atoms with Crippen LogP contribution >= 0.6 is 0 Å². The van der Waals surface area contributed by atoms with Crippen molar-refractivity contribution in [1.82, 2.24) is 15.3 Å². The van der Waals surface area contributed by atoms with Gasteiger partial charge in [-0.15, -0.1) is 0 Å². The third kappa shape index (κ3) is 3.64. The third-order valence-corrected chi connectivity index (χ3v) is 2.59. The molecule has 0 unspecified atom stereocenters. The van der Waals surface area contributed by atoms with E-state index in [-0.39, 0.29) is 0 Å². The van der Waals surface area contributed by atoms with E-state index >= 15 is 0 Å². The minimum Gasteiger partial charge on any atom is -0.307 e. The lowest BCUT2D eigenvalue weighted by atomic mass is 10.1. The molecule has 0 bridgehead atoms. The maximum Gasteiger partial charge on any atom is 0.0724 e. The zero-order chi connectivity index (χ0) is 12.1. The molecular weight excluding hydrogens is 210 g/mol. The first kappa shape index (κ1) is 11.7. The Bertz CT molecular complexity index is 414. The predicted molar refractivity (Wildman–Crippen MR) is 68.5 cm³/mol. The predicted octanol–water partition coefficient (Wildman–Crippen LogP) is 2.38. The van der Waals surface area contributed by atoms with Crippen LogP contribution in [0.15, 0.2) is 36.7 Å². The van der Waals surface area contributed by atoms with Crippen molar-refractivity contribution in [3.63, 3.8) is 0 Å². The maximum absolute atomic E-state index is 4.30. The van der Waals surface area contributed by atoms with Crippen molar-refractivity contribution in [1.29, 1.82) is 0 Å². The molecule has 3 nitrogen and oxygen atoms in total. The number of aromatic nitrogens is 2. The molecule has 0 atom stereocenters. The summed E-state index contributed by atoms with van der Waals surface area (Å²) < 4.78 is 0. The van der Waals surface area contributed by atoms with Crippen LogP contribution in [0.25, 0.3) is 0 Å². The fourth-order valence-electron chi connectivity index (χ4n) is 1.55. The molecule has 0 radical (unpaired) electrons. The molecule has 1 N–H and O–H groups in total. The average molecular weight is 227 g/mol. The van der Waals surface area contributed by atoms with Crippen molar-refractivity contribution < 1.29 is 0 Å². The van der Waals surface area contributed by atoms with Crippen LogP contribution in [-0.2, 0) is 13.1 Å². The van der Waals surface area contributed by atoms with Crippen molar-refractivity contribution in [2.45, 2.75) is 26.9 Å². The van der Waals surface area contributed by atoms with Crippen LogP contribution in [0.5, 0.6) is 0 Å². The van der Waals surface area contributed by atoms with Gasteiger partial charge in [0, 0.05) is 25.5 Å². The van der Waals surface area contributed by atoms with Gasteiger partial charge >= 0.3 is 0 Å². The fraction of sp³-hybridized carbons (Fsp3) is 0.286.